The molecule has 17 heavy (non-hydrogen) atoms. The lowest BCUT2D eigenvalue weighted by atomic mass is 10.2. The second kappa shape index (κ2) is 5.94. The molecule has 0 atom stereocenters. The van der Waals surface area contributed by atoms with Gasteiger partial charge in [-0.2, -0.15) is 0 Å². The summed E-state index contributed by atoms with van der Waals surface area (Å²) in [6, 6.07) is 10.6. The Morgan fingerprint density at radius 1 is 1.18 bits per heavy atom. The van der Waals surface area contributed by atoms with Crippen LogP contribution in [-0.2, 0) is 13.1 Å². The molecular formula is C14H18N2S. The average molecular weight is 246 g/mol. The number of thiazole rings is 1. The van der Waals surface area contributed by atoms with E-state index in [9.17, 15) is 0 Å². The van der Waals surface area contributed by atoms with Gasteiger partial charge in [-0.05, 0) is 19.0 Å². The number of hydrogen-bond donors (Lipinski definition) is 0. The maximum absolute atomic E-state index is 4.52. The van der Waals surface area contributed by atoms with Gasteiger partial charge in [-0.15, -0.1) is 11.3 Å². The summed E-state index contributed by atoms with van der Waals surface area (Å²) in [5.74, 6) is 0. The van der Waals surface area contributed by atoms with E-state index in [1.54, 1.807) is 11.3 Å². The molecule has 3 heteroatoms. The smallest absolute Gasteiger partial charge is 0.107 e. The van der Waals surface area contributed by atoms with Crippen LogP contribution in [0.5, 0.6) is 0 Å². The maximum atomic E-state index is 4.52. The van der Waals surface area contributed by atoms with Crippen molar-refractivity contribution in [3.63, 3.8) is 0 Å². The van der Waals surface area contributed by atoms with Crippen LogP contribution in [0.3, 0.4) is 0 Å². The van der Waals surface area contributed by atoms with Crippen molar-refractivity contribution in [1.82, 2.24) is 9.88 Å². The summed E-state index contributed by atoms with van der Waals surface area (Å²) in [5.41, 5.74) is 2.49. The van der Waals surface area contributed by atoms with Crippen molar-refractivity contribution in [2.75, 3.05) is 6.54 Å². The Morgan fingerprint density at radius 3 is 2.53 bits per heavy atom. The highest BCUT2D eigenvalue weighted by Crippen LogP contribution is 2.13. The van der Waals surface area contributed by atoms with Gasteiger partial charge in [0.05, 0.1) is 6.54 Å². The van der Waals surface area contributed by atoms with E-state index < -0.39 is 0 Å². The summed E-state index contributed by atoms with van der Waals surface area (Å²) in [4.78, 5) is 6.93. The molecule has 1 heterocycles. The Labute approximate surface area is 107 Å². The molecule has 2 rings (SSSR count). The van der Waals surface area contributed by atoms with E-state index >= 15 is 0 Å². The highest BCUT2D eigenvalue weighted by atomic mass is 32.1. The van der Waals surface area contributed by atoms with Crippen molar-refractivity contribution in [2.24, 2.45) is 0 Å². The average Bonchev–Trinajstić information content (AvgIpc) is 2.75. The van der Waals surface area contributed by atoms with Crippen LogP contribution < -0.4 is 0 Å². The molecule has 0 bridgehead atoms. The Balaban J connectivity index is 1.98. The van der Waals surface area contributed by atoms with Crippen LogP contribution >= 0.6 is 11.3 Å². The van der Waals surface area contributed by atoms with Gasteiger partial charge in [0.1, 0.15) is 5.01 Å². The van der Waals surface area contributed by atoms with Crippen molar-refractivity contribution >= 4 is 11.3 Å². The normalized spacial score (nSPS) is 11.0. The number of aromatic nitrogens is 1. The second-order valence-electron chi connectivity index (χ2n) is 4.17. The Bertz CT molecular complexity index is 450. The molecule has 1 aromatic heterocycles. The molecule has 1 aromatic carbocycles. The standard InChI is InChI=1S/C14H18N2S/c1-3-16(9-13-7-5-4-6-8-13)10-14-15-12(2)11-17-14/h4-8,11H,3,9-10H2,1-2H3. The first-order chi connectivity index (χ1) is 8.28. The molecule has 90 valence electrons. The van der Waals surface area contributed by atoms with Gasteiger partial charge >= 0.3 is 0 Å². The summed E-state index contributed by atoms with van der Waals surface area (Å²) < 4.78 is 0. The number of aryl methyl sites for hydroxylation is 1. The van der Waals surface area contributed by atoms with Gasteiger partial charge in [0.25, 0.3) is 0 Å². The molecule has 0 saturated carbocycles. The SMILES string of the molecule is CCN(Cc1ccccc1)Cc1nc(C)cs1. The zero-order valence-corrected chi connectivity index (χ0v) is 11.2. The van der Waals surface area contributed by atoms with Crippen LogP contribution in [0.25, 0.3) is 0 Å². The van der Waals surface area contributed by atoms with E-state index in [1.807, 2.05) is 6.92 Å². The van der Waals surface area contributed by atoms with E-state index in [4.69, 9.17) is 0 Å². The van der Waals surface area contributed by atoms with Gasteiger partial charge in [0.2, 0.25) is 0 Å². The van der Waals surface area contributed by atoms with Gasteiger partial charge in [-0.3, -0.25) is 4.90 Å². The lowest BCUT2D eigenvalue weighted by Crippen LogP contribution is -2.22. The van der Waals surface area contributed by atoms with E-state index in [0.29, 0.717) is 0 Å². The first-order valence-corrected chi connectivity index (χ1v) is 6.83. The van der Waals surface area contributed by atoms with Crippen molar-refractivity contribution in [2.45, 2.75) is 26.9 Å². The number of rotatable bonds is 5. The minimum Gasteiger partial charge on any atom is -0.293 e. The summed E-state index contributed by atoms with van der Waals surface area (Å²) in [6.07, 6.45) is 0. The molecule has 0 aliphatic carbocycles. The lowest BCUT2D eigenvalue weighted by Gasteiger charge is -2.18. The Kier molecular flexibility index (Phi) is 4.29. The third kappa shape index (κ3) is 3.65. The summed E-state index contributed by atoms with van der Waals surface area (Å²) in [6.45, 7) is 7.24. The Morgan fingerprint density at radius 2 is 1.94 bits per heavy atom. The van der Waals surface area contributed by atoms with Crippen molar-refractivity contribution in [3.05, 3.63) is 52.0 Å². The predicted molar refractivity (Wildman–Crippen MR) is 73.1 cm³/mol. The molecule has 0 aliphatic heterocycles. The molecular weight excluding hydrogens is 228 g/mol. The summed E-state index contributed by atoms with van der Waals surface area (Å²) in [7, 11) is 0. The van der Waals surface area contributed by atoms with E-state index in [1.165, 1.54) is 10.6 Å². The third-order valence-corrected chi connectivity index (χ3v) is 3.67. The van der Waals surface area contributed by atoms with Gasteiger partial charge < -0.3 is 0 Å². The summed E-state index contributed by atoms with van der Waals surface area (Å²) >= 11 is 1.75. The molecule has 0 radical (unpaired) electrons. The van der Waals surface area contributed by atoms with Gasteiger partial charge in [0.15, 0.2) is 0 Å². The fourth-order valence-corrected chi connectivity index (χ4v) is 2.60. The fraction of sp³-hybridized carbons (Fsp3) is 0.357. The molecule has 0 N–H and O–H groups in total. The highest BCUT2D eigenvalue weighted by Gasteiger charge is 2.07. The van der Waals surface area contributed by atoms with Crippen molar-refractivity contribution in [3.8, 4) is 0 Å². The largest absolute Gasteiger partial charge is 0.293 e. The zero-order chi connectivity index (χ0) is 12.1. The number of benzene rings is 1. The zero-order valence-electron chi connectivity index (χ0n) is 10.4. The van der Waals surface area contributed by atoms with Crippen LogP contribution in [0.4, 0.5) is 0 Å². The van der Waals surface area contributed by atoms with Crippen LogP contribution in [0.2, 0.25) is 0 Å². The Hall–Kier alpha value is -1.19. The first kappa shape index (κ1) is 12.3. The van der Waals surface area contributed by atoms with Crippen molar-refractivity contribution < 1.29 is 0 Å². The van der Waals surface area contributed by atoms with Gasteiger partial charge in [-0.25, -0.2) is 4.98 Å². The monoisotopic (exact) mass is 246 g/mol. The molecule has 0 unspecified atom stereocenters. The first-order valence-electron chi connectivity index (χ1n) is 5.95. The number of nitrogens with zero attached hydrogens (tertiary/aromatic N) is 2. The second-order valence-corrected chi connectivity index (χ2v) is 5.11. The predicted octanol–water partition coefficient (Wildman–Crippen LogP) is 3.47. The summed E-state index contributed by atoms with van der Waals surface area (Å²) in [5, 5.41) is 3.33. The molecule has 2 aromatic rings. The molecule has 0 spiro atoms. The van der Waals surface area contributed by atoms with Crippen LogP contribution in [0.15, 0.2) is 35.7 Å². The van der Waals surface area contributed by atoms with E-state index in [0.717, 1.165) is 25.3 Å². The molecule has 0 amide bonds. The van der Waals surface area contributed by atoms with Crippen LogP contribution in [-0.4, -0.2) is 16.4 Å². The van der Waals surface area contributed by atoms with E-state index in [-0.39, 0.29) is 0 Å². The van der Waals surface area contributed by atoms with Crippen LogP contribution in [0, 0.1) is 6.92 Å². The number of hydrogen-bond acceptors (Lipinski definition) is 3. The quantitative estimate of drug-likeness (QED) is 0.803. The van der Waals surface area contributed by atoms with E-state index in [2.05, 4.69) is 52.5 Å². The highest BCUT2D eigenvalue weighted by molar-refractivity contribution is 7.09. The third-order valence-electron chi connectivity index (χ3n) is 2.72. The van der Waals surface area contributed by atoms with Gasteiger partial charge in [-0.1, -0.05) is 37.3 Å². The maximum Gasteiger partial charge on any atom is 0.107 e. The molecule has 2 nitrogen and oxygen atoms in total. The minimum absolute atomic E-state index is 0.948. The van der Waals surface area contributed by atoms with Gasteiger partial charge in [0, 0.05) is 17.6 Å². The molecule has 0 saturated heterocycles. The molecule has 0 aliphatic rings. The van der Waals surface area contributed by atoms with Crippen LogP contribution in [0.1, 0.15) is 23.2 Å². The molecule has 0 fully saturated rings. The fourth-order valence-electron chi connectivity index (χ4n) is 1.79. The van der Waals surface area contributed by atoms with Crippen molar-refractivity contribution in [1.29, 1.82) is 0 Å². The topological polar surface area (TPSA) is 16.1 Å². The minimum atomic E-state index is 0.948. The lowest BCUT2D eigenvalue weighted by molar-refractivity contribution is 0.271.